The number of carbonyl (C=O) groups excluding carboxylic acids is 2. The van der Waals surface area contributed by atoms with E-state index in [-0.39, 0.29) is 30.6 Å². The molecule has 35 heavy (non-hydrogen) atoms. The van der Waals surface area contributed by atoms with Crippen molar-refractivity contribution in [3.8, 4) is 11.5 Å². The molecule has 8 heteroatoms. The first-order valence-corrected chi connectivity index (χ1v) is 12.4. The van der Waals surface area contributed by atoms with Crippen molar-refractivity contribution in [2.45, 2.75) is 39.0 Å². The van der Waals surface area contributed by atoms with Crippen molar-refractivity contribution in [2.24, 2.45) is 0 Å². The highest BCUT2D eigenvalue weighted by molar-refractivity contribution is 9.10. The molecule has 1 amide bonds. The minimum atomic E-state index is -0.378. The molecule has 0 N–H and O–H groups in total. The van der Waals surface area contributed by atoms with Crippen LogP contribution in [0.15, 0.2) is 71.2 Å². The van der Waals surface area contributed by atoms with Crippen molar-refractivity contribution in [3.05, 3.63) is 92.9 Å². The summed E-state index contributed by atoms with van der Waals surface area (Å²) in [5.41, 5.74) is 2.44. The van der Waals surface area contributed by atoms with E-state index in [0.29, 0.717) is 35.2 Å². The molecular formula is C27H25BrClNO5. The topological polar surface area (TPSA) is 65.1 Å². The molecule has 1 heterocycles. The molecule has 6 nitrogen and oxygen atoms in total. The van der Waals surface area contributed by atoms with Gasteiger partial charge < -0.3 is 14.2 Å². The van der Waals surface area contributed by atoms with Crippen LogP contribution in [0.25, 0.3) is 0 Å². The van der Waals surface area contributed by atoms with E-state index in [1.807, 2.05) is 55.5 Å². The highest BCUT2D eigenvalue weighted by atomic mass is 79.9. The lowest BCUT2D eigenvalue weighted by Crippen LogP contribution is -2.31. The number of hydrogen-bond donors (Lipinski definition) is 0. The standard InChI is InChI=1S/C27H25BrClNO5/c1-3-33-25(31)13-18-11-22(29)15-23(12-18)34-24-10-9-21(28)14-20(24)16-30-17(2)26(35-27(30)32)19-7-5-4-6-8-19/h4-12,14-15,17,26H,3,13,16H2,1-2H3/t17-,26-/m0/s1. The quantitative estimate of drug-likeness (QED) is 0.276. The predicted molar refractivity (Wildman–Crippen MR) is 137 cm³/mol. The first-order valence-electron chi connectivity index (χ1n) is 11.3. The van der Waals surface area contributed by atoms with Gasteiger partial charge in [0, 0.05) is 15.1 Å². The average Bonchev–Trinajstić information content (AvgIpc) is 3.09. The highest BCUT2D eigenvalue weighted by Crippen LogP contribution is 2.36. The molecule has 1 aliphatic heterocycles. The van der Waals surface area contributed by atoms with Crippen LogP contribution in [0.2, 0.25) is 5.02 Å². The zero-order valence-corrected chi connectivity index (χ0v) is 21.7. The molecule has 0 radical (unpaired) electrons. The van der Waals surface area contributed by atoms with Crippen LogP contribution in [0.4, 0.5) is 4.79 Å². The maximum Gasteiger partial charge on any atom is 0.411 e. The minimum Gasteiger partial charge on any atom is -0.466 e. The third kappa shape index (κ3) is 6.16. The van der Waals surface area contributed by atoms with Crippen LogP contribution in [-0.4, -0.2) is 29.6 Å². The largest absolute Gasteiger partial charge is 0.466 e. The Morgan fingerprint density at radius 3 is 2.63 bits per heavy atom. The monoisotopic (exact) mass is 557 g/mol. The van der Waals surface area contributed by atoms with Gasteiger partial charge in [0.15, 0.2) is 0 Å². The Morgan fingerprint density at radius 1 is 1.11 bits per heavy atom. The fourth-order valence-corrected chi connectivity index (χ4v) is 4.70. The first kappa shape index (κ1) is 25.1. The number of carbonyl (C=O) groups is 2. The molecular weight excluding hydrogens is 534 g/mol. The fourth-order valence-electron chi connectivity index (χ4n) is 4.04. The molecule has 1 fully saturated rings. The van der Waals surface area contributed by atoms with Gasteiger partial charge in [0.25, 0.3) is 0 Å². The van der Waals surface area contributed by atoms with Gasteiger partial charge in [-0.05, 0) is 61.4 Å². The Kier molecular flexibility index (Phi) is 7.98. The average molecular weight is 559 g/mol. The summed E-state index contributed by atoms with van der Waals surface area (Å²) in [4.78, 5) is 26.4. The molecule has 0 bridgehead atoms. The van der Waals surface area contributed by atoms with Crippen LogP contribution in [0.5, 0.6) is 11.5 Å². The molecule has 4 rings (SSSR count). The summed E-state index contributed by atoms with van der Waals surface area (Å²) < 4.78 is 17.8. The van der Waals surface area contributed by atoms with Crippen molar-refractivity contribution in [1.29, 1.82) is 0 Å². The van der Waals surface area contributed by atoms with Gasteiger partial charge in [-0.2, -0.15) is 0 Å². The SMILES string of the molecule is CCOC(=O)Cc1cc(Cl)cc(Oc2ccc(Br)cc2CN2C(=O)O[C@H](c3ccccc3)[C@@H]2C)c1. The molecule has 0 aliphatic carbocycles. The molecule has 0 saturated carbocycles. The van der Waals surface area contributed by atoms with E-state index in [9.17, 15) is 9.59 Å². The number of nitrogens with zero attached hydrogens (tertiary/aromatic N) is 1. The van der Waals surface area contributed by atoms with Gasteiger partial charge in [-0.25, -0.2) is 4.79 Å². The van der Waals surface area contributed by atoms with Gasteiger partial charge in [-0.15, -0.1) is 0 Å². The number of benzene rings is 3. The fraction of sp³-hybridized carbons (Fsp3) is 0.259. The van der Waals surface area contributed by atoms with Crippen molar-refractivity contribution in [2.75, 3.05) is 6.61 Å². The lowest BCUT2D eigenvalue weighted by atomic mass is 10.0. The Morgan fingerprint density at radius 2 is 1.89 bits per heavy atom. The number of amides is 1. The molecule has 1 saturated heterocycles. The van der Waals surface area contributed by atoms with Crippen LogP contribution in [0.3, 0.4) is 0 Å². The molecule has 2 atom stereocenters. The van der Waals surface area contributed by atoms with E-state index in [0.717, 1.165) is 15.6 Å². The second kappa shape index (κ2) is 11.1. The van der Waals surface area contributed by atoms with Crippen LogP contribution in [-0.2, 0) is 27.2 Å². The third-order valence-electron chi connectivity index (χ3n) is 5.70. The Bertz CT molecular complexity index is 1220. The van der Waals surface area contributed by atoms with E-state index in [2.05, 4.69) is 15.9 Å². The number of halogens is 2. The second-order valence-corrected chi connectivity index (χ2v) is 9.57. The summed E-state index contributed by atoms with van der Waals surface area (Å²) >= 11 is 9.79. The molecule has 182 valence electrons. The summed E-state index contributed by atoms with van der Waals surface area (Å²) in [6.07, 6.45) is -0.633. The summed E-state index contributed by atoms with van der Waals surface area (Å²) in [6, 6.07) is 20.3. The Hall–Kier alpha value is -3.03. The summed E-state index contributed by atoms with van der Waals surface area (Å²) in [6.45, 7) is 4.35. The van der Waals surface area contributed by atoms with Crippen LogP contribution in [0.1, 0.15) is 36.6 Å². The normalized spacial score (nSPS) is 17.3. The number of ether oxygens (including phenoxy) is 3. The summed E-state index contributed by atoms with van der Waals surface area (Å²) in [5.74, 6) is 0.722. The van der Waals surface area contributed by atoms with Crippen LogP contribution < -0.4 is 4.74 Å². The lowest BCUT2D eigenvalue weighted by Gasteiger charge is -2.22. The van der Waals surface area contributed by atoms with Crippen LogP contribution in [0, 0.1) is 0 Å². The molecule has 3 aromatic carbocycles. The summed E-state index contributed by atoms with van der Waals surface area (Å²) in [7, 11) is 0. The number of cyclic esters (lactones) is 1. The van der Waals surface area contributed by atoms with Gasteiger partial charge in [-0.3, -0.25) is 9.69 Å². The maximum atomic E-state index is 12.8. The minimum absolute atomic E-state index is 0.0932. The second-order valence-electron chi connectivity index (χ2n) is 8.21. The van der Waals surface area contributed by atoms with Gasteiger partial charge in [-0.1, -0.05) is 57.9 Å². The van der Waals surface area contributed by atoms with Gasteiger partial charge in [0.2, 0.25) is 0 Å². The number of esters is 1. The van der Waals surface area contributed by atoms with E-state index in [1.54, 1.807) is 30.0 Å². The van der Waals surface area contributed by atoms with Gasteiger partial charge in [0.1, 0.15) is 17.6 Å². The lowest BCUT2D eigenvalue weighted by molar-refractivity contribution is -0.142. The van der Waals surface area contributed by atoms with Crippen molar-refractivity contribution in [1.82, 2.24) is 4.90 Å². The number of rotatable bonds is 8. The molecule has 3 aromatic rings. The van der Waals surface area contributed by atoms with Crippen molar-refractivity contribution < 1.29 is 23.8 Å². The van der Waals surface area contributed by atoms with Crippen molar-refractivity contribution in [3.63, 3.8) is 0 Å². The maximum absolute atomic E-state index is 12.8. The van der Waals surface area contributed by atoms with Crippen LogP contribution >= 0.6 is 27.5 Å². The predicted octanol–water partition coefficient (Wildman–Crippen LogP) is 7.08. The highest BCUT2D eigenvalue weighted by Gasteiger charge is 2.39. The van der Waals surface area contributed by atoms with E-state index in [1.165, 1.54) is 0 Å². The van der Waals surface area contributed by atoms with Crippen molar-refractivity contribution >= 4 is 39.6 Å². The zero-order valence-electron chi connectivity index (χ0n) is 19.4. The Balaban J connectivity index is 1.56. The zero-order chi connectivity index (χ0) is 24.9. The third-order valence-corrected chi connectivity index (χ3v) is 6.41. The molecule has 0 unspecified atom stereocenters. The van der Waals surface area contributed by atoms with Gasteiger partial charge >= 0.3 is 12.1 Å². The van der Waals surface area contributed by atoms with E-state index >= 15 is 0 Å². The molecule has 1 aliphatic rings. The molecule has 0 aromatic heterocycles. The Labute approximate surface area is 217 Å². The smallest absolute Gasteiger partial charge is 0.411 e. The summed E-state index contributed by atoms with van der Waals surface area (Å²) in [5, 5.41) is 0.447. The van der Waals surface area contributed by atoms with E-state index < -0.39 is 0 Å². The van der Waals surface area contributed by atoms with Gasteiger partial charge in [0.05, 0.1) is 25.6 Å². The molecule has 0 spiro atoms. The first-order chi connectivity index (χ1) is 16.8. The number of hydrogen-bond acceptors (Lipinski definition) is 5. The van der Waals surface area contributed by atoms with E-state index in [4.69, 9.17) is 25.8 Å².